The third-order valence-electron chi connectivity index (χ3n) is 3.42. The van der Waals surface area contributed by atoms with Crippen molar-refractivity contribution in [3.8, 4) is 0 Å². The number of rotatable bonds is 1. The highest BCUT2D eigenvalue weighted by Gasteiger charge is 2.23. The van der Waals surface area contributed by atoms with Crippen molar-refractivity contribution in [3.05, 3.63) is 47.5 Å². The lowest BCUT2D eigenvalue weighted by molar-refractivity contribution is 0.757. The highest BCUT2D eigenvalue weighted by atomic mass is 35.5. The fraction of sp³-hybridized carbons (Fsp3) is 0.286. The first kappa shape index (κ1) is 9.23. The van der Waals surface area contributed by atoms with Crippen molar-refractivity contribution in [2.75, 3.05) is 5.88 Å². The molecule has 1 unspecified atom stereocenters. The topological polar surface area (TPSA) is 0 Å². The number of fused-ring (bicyclic) bond motifs is 3. The van der Waals surface area contributed by atoms with Gasteiger partial charge in [0.2, 0.25) is 0 Å². The average Bonchev–Trinajstić information content (AvgIpc) is 2.72. The van der Waals surface area contributed by atoms with E-state index < -0.39 is 0 Å². The normalized spacial score (nSPS) is 19.4. The molecule has 0 bridgehead atoms. The molecule has 0 saturated heterocycles. The smallest absolute Gasteiger partial charge is 0.0292 e. The molecule has 0 spiro atoms. The first-order chi connectivity index (χ1) is 7.40. The van der Waals surface area contributed by atoms with Crippen molar-refractivity contribution in [1.82, 2.24) is 0 Å². The van der Waals surface area contributed by atoms with Gasteiger partial charge in [0.25, 0.3) is 0 Å². The molecule has 0 saturated carbocycles. The lowest BCUT2D eigenvalue weighted by atomic mass is 9.96. The number of benzene rings is 2. The third-order valence-corrected chi connectivity index (χ3v) is 3.79. The third kappa shape index (κ3) is 1.36. The summed E-state index contributed by atoms with van der Waals surface area (Å²) in [6.45, 7) is 0. The minimum atomic E-state index is 0.563. The Bertz CT molecular complexity index is 502. The van der Waals surface area contributed by atoms with Gasteiger partial charge in [-0.3, -0.25) is 0 Å². The van der Waals surface area contributed by atoms with Crippen LogP contribution in [0, 0.1) is 0 Å². The molecule has 0 nitrogen and oxygen atoms in total. The minimum absolute atomic E-state index is 0.563. The lowest BCUT2D eigenvalue weighted by Crippen LogP contribution is -1.95. The quantitative estimate of drug-likeness (QED) is 0.630. The molecular formula is C14H13Cl. The van der Waals surface area contributed by atoms with Crippen LogP contribution in [-0.2, 0) is 6.42 Å². The second-order valence-corrected chi connectivity index (χ2v) is 4.56. The van der Waals surface area contributed by atoms with Crippen LogP contribution >= 0.6 is 11.6 Å². The molecule has 0 amide bonds. The van der Waals surface area contributed by atoms with Gasteiger partial charge in [-0.2, -0.15) is 0 Å². The summed E-state index contributed by atoms with van der Waals surface area (Å²) in [4.78, 5) is 0. The van der Waals surface area contributed by atoms with Gasteiger partial charge in [0.05, 0.1) is 0 Å². The van der Waals surface area contributed by atoms with E-state index in [1.807, 2.05) is 0 Å². The van der Waals surface area contributed by atoms with Gasteiger partial charge in [-0.1, -0.05) is 36.4 Å². The molecule has 0 aromatic heterocycles. The molecule has 76 valence electrons. The van der Waals surface area contributed by atoms with Crippen molar-refractivity contribution < 1.29 is 0 Å². The molecule has 2 aromatic carbocycles. The van der Waals surface area contributed by atoms with Crippen LogP contribution in [-0.4, -0.2) is 5.88 Å². The fourth-order valence-corrected chi connectivity index (χ4v) is 2.98. The molecule has 1 atom stereocenters. The summed E-state index contributed by atoms with van der Waals surface area (Å²) in [5.74, 6) is 1.31. The maximum Gasteiger partial charge on any atom is 0.0292 e. The first-order valence-electron chi connectivity index (χ1n) is 5.46. The van der Waals surface area contributed by atoms with Crippen LogP contribution in [0.5, 0.6) is 0 Å². The summed E-state index contributed by atoms with van der Waals surface area (Å²) in [5, 5.41) is 2.74. The SMILES string of the molecule is ClCC1CCc2ccc3ccccc3c21. The largest absolute Gasteiger partial charge is 0.126 e. The van der Waals surface area contributed by atoms with Crippen molar-refractivity contribution in [2.24, 2.45) is 0 Å². The number of alkyl halides is 1. The van der Waals surface area contributed by atoms with Crippen LogP contribution in [0.3, 0.4) is 0 Å². The van der Waals surface area contributed by atoms with Gasteiger partial charge in [-0.15, -0.1) is 11.6 Å². The van der Waals surface area contributed by atoms with Crippen LogP contribution in [0.4, 0.5) is 0 Å². The maximum atomic E-state index is 6.04. The summed E-state index contributed by atoms with van der Waals surface area (Å²) in [6.07, 6.45) is 2.41. The molecule has 0 heterocycles. The van der Waals surface area contributed by atoms with Crippen LogP contribution in [0.15, 0.2) is 36.4 Å². The Hall–Kier alpha value is -1.01. The molecule has 1 aliphatic rings. The highest BCUT2D eigenvalue weighted by molar-refractivity contribution is 6.18. The number of halogens is 1. The lowest BCUT2D eigenvalue weighted by Gasteiger charge is -2.10. The van der Waals surface area contributed by atoms with E-state index in [9.17, 15) is 0 Å². The molecule has 1 heteroatoms. The molecule has 1 aliphatic carbocycles. The van der Waals surface area contributed by atoms with Crippen molar-refractivity contribution in [1.29, 1.82) is 0 Å². The molecular weight excluding hydrogens is 204 g/mol. The Morgan fingerprint density at radius 1 is 1.13 bits per heavy atom. The Labute approximate surface area is 94.9 Å². The number of hydrogen-bond acceptors (Lipinski definition) is 0. The Kier molecular flexibility index (Phi) is 2.17. The summed E-state index contributed by atoms with van der Waals surface area (Å²) in [6, 6.07) is 13.1. The van der Waals surface area contributed by atoms with Crippen LogP contribution < -0.4 is 0 Å². The Morgan fingerprint density at radius 2 is 2.00 bits per heavy atom. The molecule has 0 aliphatic heterocycles. The Balaban J connectivity index is 2.32. The standard InChI is InChI=1S/C14H13Cl/c15-9-12-8-7-11-6-5-10-3-1-2-4-13(10)14(11)12/h1-6,12H,7-9H2. The van der Waals surface area contributed by atoms with Crippen LogP contribution in [0.25, 0.3) is 10.8 Å². The van der Waals surface area contributed by atoms with Gasteiger partial charge in [0.15, 0.2) is 0 Å². The fourth-order valence-electron chi connectivity index (χ4n) is 2.67. The summed E-state index contributed by atoms with van der Waals surface area (Å²) < 4.78 is 0. The molecule has 15 heavy (non-hydrogen) atoms. The van der Waals surface area contributed by atoms with E-state index in [0.29, 0.717) is 5.92 Å². The molecule has 0 fully saturated rings. The zero-order valence-corrected chi connectivity index (χ0v) is 9.30. The summed E-state index contributed by atoms with van der Waals surface area (Å²) in [5.41, 5.74) is 3.00. The average molecular weight is 217 g/mol. The van der Waals surface area contributed by atoms with Crippen molar-refractivity contribution >= 4 is 22.4 Å². The van der Waals surface area contributed by atoms with Gasteiger partial charge < -0.3 is 0 Å². The van der Waals surface area contributed by atoms with E-state index in [0.717, 1.165) is 5.88 Å². The predicted molar refractivity (Wildman–Crippen MR) is 65.7 cm³/mol. The monoisotopic (exact) mass is 216 g/mol. The van der Waals surface area contributed by atoms with E-state index in [4.69, 9.17) is 11.6 Å². The van der Waals surface area contributed by atoms with Gasteiger partial charge in [-0.05, 0) is 40.7 Å². The van der Waals surface area contributed by atoms with E-state index in [-0.39, 0.29) is 0 Å². The van der Waals surface area contributed by atoms with E-state index in [2.05, 4.69) is 36.4 Å². The van der Waals surface area contributed by atoms with Crippen LogP contribution in [0.1, 0.15) is 23.5 Å². The van der Waals surface area contributed by atoms with E-state index in [1.165, 1.54) is 34.7 Å². The van der Waals surface area contributed by atoms with Crippen molar-refractivity contribution in [2.45, 2.75) is 18.8 Å². The minimum Gasteiger partial charge on any atom is -0.126 e. The number of hydrogen-bond donors (Lipinski definition) is 0. The highest BCUT2D eigenvalue weighted by Crippen LogP contribution is 2.38. The van der Waals surface area contributed by atoms with Crippen LogP contribution in [0.2, 0.25) is 0 Å². The zero-order chi connectivity index (χ0) is 10.3. The molecule has 0 radical (unpaired) electrons. The van der Waals surface area contributed by atoms with Gasteiger partial charge in [0.1, 0.15) is 0 Å². The summed E-state index contributed by atoms with van der Waals surface area (Å²) >= 11 is 6.04. The summed E-state index contributed by atoms with van der Waals surface area (Å²) in [7, 11) is 0. The van der Waals surface area contributed by atoms with E-state index >= 15 is 0 Å². The zero-order valence-electron chi connectivity index (χ0n) is 8.54. The number of aryl methyl sites for hydroxylation is 1. The van der Waals surface area contributed by atoms with E-state index in [1.54, 1.807) is 0 Å². The van der Waals surface area contributed by atoms with Gasteiger partial charge in [-0.25, -0.2) is 0 Å². The Morgan fingerprint density at radius 3 is 2.87 bits per heavy atom. The van der Waals surface area contributed by atoms with Gasteiger partial charge >= 0.3 is 0 Å². The molecule has 0 N–H and O–H groups in total. The second kappa shape index (κ2) is 3.53. The second-order valence-electron chi connectivity index (χ2n) is 4.25. The van der Waals surface area contributed by atoms with Gasteiger partial charge in [0, 0.05) is 5.88 Å². The molecule has 3 rings (SSSR count). The first-order valence-corrected chi connectivity index (χ1v) is 6.00. The molecule has 2 aromatic rings. The predicted octanol–water partition coefficient (Wildman–Crippen LogP) is 4.11. The van der Waals surface area contributed by atoms with Crippen molar-refractivity contribution in [3.63, 3.8) is 0 Å². The maximum absolute atomic E-state index is 6.04.